The number of nitrogens with zero attached hydrogens (tertiary/aromatic N) is 1. The maximum Gasteiger partial charge on any atom is 0.0473 e. The molecule has 1 saturated heterocycles. The fourth-order valence-corrected chi connectivity index (χ4v) is 1.72. The van der Waals surface area contributed by atoms with Crippen molar-refractivity contribution >= 4 is 15.9 Å². The van der Waals surface area contributed by atoms with Gasteiger partial charge in [0.1, 0.15) is 0 Å². The molecule has 1 aliphatic rings. The van der Waals surface area contributed by atoms with Gasteiger partial charge in [-0.25, -0.2) is 0 Å². The minimum atomic E-state index is 0.674. The van der Waals surface area contributed by atoms with Crippen molar-refractivity contribution in [3.63, 3.8) is 0 Å². The van der Waals surface area contributed by atoms with Crippen LogP contribution in [0.3, 0.4) is 0 Å². The summed E-state index contributed by atoms with van der Waals surface area (Å²) in [4.78, 5) is 2.32. The summed E-state index contributed by atoms with van der Waals surface area (Å²) in [7, 11) is 2.14. The first kappa shape index (κ1) is 7.32. The van der Waals surface area contributed by atoms with Gasteiger partial charge in [0, 0.05) is 17.1 Å². The van der Waals surface area contributed by atoms with Gasteiger partial charge >= 0.3 is 0 Å². The summed E-state index contributed by atoms with van der Waals surface area (Å²) in [5, 5.41) is 0. The van der Waals surface area contributed by atoms with E-state index < -0.39 is 0 Å². The number of likely N-dealkylation sites (N-methyl/N-ethyl adjacent to an activating group) is 1. The molecule has 1 nitrogen and oxygen atoms in total. The van der Waals surface area contributed by atoms with Crippen molar-refractivity contribution in [1.82, 2.24) is 4.90 Å². The molecule has 2 atom stereocenters. The van der Waals surface area contributed by atoms with Crippen LogP contribution in [0.2, 0.25) is 0 Å². The van der Waals surface area contributed by atoms with Crippen molar-refractivity contribution in [2.75, 3.05) is 13.6 Å². The van der Waals surface area contributed by atoms with E-state index in [-0.39, 0.29) is 0 Å². The molecule has 0 saturated carbocycles. The second kappa shape index (κ2) is 2.61. The van der Waals surface area contributed by atoms with Crippen LogP contribution in [0.5, 0.6) is 0 Å². The second-order valence-electron chi connectivity index (χ2n) is 3.01. The maximum atomic E-state index is 3.46. The molecular formula is C9H10BrN. The van der Waals surface area contributed by atoms with E-state index >= 15 is 0 Å². The van der Waals surface area contributed by atoms with Gasteiger partial charge in [0.05, 0.1) is 0 Å². The fourth-order valence-electron chi connectivity index (χ4n) is 1.30. The highest BCUT2D eigenvalue weighted by molar-refractivity contribution is 9.10. The molecule has 1 aliphatic heterocycles. The van der Waals surface area contributed by atoms with Gasteiger partial charge in [-0.1, -0.05) is 28.1 Å². The largest absolute Gasteiger partial charge is 0.296 e. The lowest BCUT2D eigenvalue weighted by molar-refractivity contribution is 0.631. The van der Waals surface area contributed by atoms with Crippen molar-refractivity contribution in [2.45, 2.75) is 6.04 Å². The molecular weight excluding hydrogens is 202 g/mol. The Bertz CT molecular complexity index is 272. The van der Waals surface area contributed by atoms with Crippen molar-refractivity contribution in [1.29, 1.82) is 0 Å². The lowest BCUT2D eigenvalue weighted by Gasteiger charge is -1.97. The van der Waals surface area contributed by atoms with Crippen LogP contribution in [0, 0.1) is 0 Å². The Morgan fingerprint density at radius 3 is 2.82 bits per heavy atom. The van der Waals surface area contributed by atoms with E-state index in [1.165, 1.54) is 16.6 Å². The van der Waals surface area contributed by atoms with Crippen LogP contribution < -0.4 is 0 Å². The zero-order chi connectivity index (χ0) is 7.84. The highest BCUT2D eigenvalue weighted by Gasteiger charge is 2.30. The Balaban J connectivity index is 2.25. The van der Waals surface area contributed by atoms with Gasteiger partial charge in [0.25, 0.3) is 0 Å². The van der Waals surface area contributed by atoms with E-state index in [1.807, 2.05) is 0 Å². The maximum absolute atomic E-state index is 3.46. The molecule has 2 unspecified atom stereocenters. The van der Waals surface area contributed by atoms with Crippen LogP contribution in [0.4, 0.5) is 0 Å². The fraction of sp³-hybridized carbons (Fsp3) is 0.333. The lowest BCUT2D eigenvalue weighted by Crippen LogP contribution is -1.86. The number of halogens is 1. The molecule has 1 aromatic carbocycles. The molecule has 0 bridgehead atoms. The number of benzene rings is 1. The minimum absolute atomic E-state index is 0.674. The standard InChI is InChI=1S/C9H10BrN/c1-11-6-9(11)7-3-2-4-8(10)5-7/h2-5,9H,6H2,1H3. The zero-order valence-electron chi connectivity index (χ0n) is 6.42. The highest BCUT2D eigenvalue weighted by atomic mass is 79.9. The molecule has 0 aliphatic carbocycles. The molecule has 1 heterocycles. The molecule has 1 aromatic rings. The predicted molar refractivity (Wildman–Crippen MR) is 49.5 cm³/mol. The summed E-state index contributed by atoms with van der Waals surface area (Å²) in [6.07, 6.45) is 0. The van der Waals surface area contributed by atoms with Gasteiger partial charge < -0.3 is 0 Å². The quantitative estimate of drug-likeness (QED) is 0.646. The topological polar surface area (TPSA) is 3.01 Å². The van der Waals surface area contributed by atoms with Gasteiger partial charge in [0.2, 0.25) is 0 Å². The molecule has 1 fully saturated rings. The van der Waals surface area contributed by atoms with E-state index in [0.717, 1.165) is 0 Å². The van der Waals surface area contributed by atoms with Crippen LogP contribution in [-0.2, 0) is 0 Å². The molecule has 2 heteroatoms. The van der Waals surface area contributed by atoms with Crippen LogP contribution in [0.1, 0.15) is 11.6 Å². The third kappa shape index (κ3) is 1.47. The van der Waals surface area contributed by atoms with Crippen LogP contribution >= 0.6 is 15.9 Å². The summed E-state index contributed by atoms with van der Waals surface area (Å²) < 4.78 is 1.18. The van der Waals surface area contributed by atoms with Crippen molar-refractivity contribution < 1.29 is 0 Å². The summed E-state index contributed by atoms with van der Waals surface area (Å²) in [5.41, 5.74) is 1.42. The zero-order valence-corrected chi connectivity index (χ0v) is 8.01. The Hall–Kier alpha value is -0.340. The minimum Gasteiger partial charge on any atom is -0.296 e. The third-order valence-electron chi connectivity index (χ3n) is 2.09. The van der Waals surface area contributed by atoms with E-state index in [9.17, 15) is 0 Å². The average Bonchev–Trinajstić information content (AvgIpc) is 2.67. The highest BCUT2D eigenvalue weighted by Crippen LogP contribution is 2.33. The summed E-state index contributed by atoms with van der Waals surface area (Å²) in [6.45, 7) is 1.20. The van der Waals surface area contributed by atoms with Crippen molar-refractivity contribution in [2.24, 2.45) is 0 Å². The van der Waals surface area contributed by atoms with Crippen LogP contribution in [0.25, 0.3) is 0 Å². The van der Waals surface area contributed by atoms with Crippen LogP contribution in [0.15, 0.2) is 28.7 Å². The van der Waals surface area contributed by atoms with Crippen molar-refractivity contribution in [3.05, 3.63) is 34.3 Å². The Morgan fingerprint density at radius 2 is 2.27 bits per heavy atom. The van der Waals surface area contributed by atoms with Crippen molar-refractivity contribution in [3.8, 4) is 0 Å². The molecule has 0 N–H and O–H groups in total. The van der Waals surface area contributed by atoms with E-state index in [2.05, 4.69) is 52.1 Å². The summed E-state index contributed by atoms with van der Waals surface area (Å²) in [6, 6.07) is 9.19. The monoisotopic (exact) mass is 211 g/mol. The normalized spacial score (nSPS) is 28.5. The molecule has 11 heavy (non-hydrogen) atoms. The third-order valence-corrected chi connectivity index (χ3v) is 2.59. The van der Waals surface area contributed by atoms with E-state index in [4.69, 9.17) is 0 Å². The number of hydrogen-bond acceptors (Lipinski definition) is 1. The molecule has 0 spiro atoms. The lowest BCUT2D eigenvalue weighted by atomic mass is 10.2. The Labute approximate surface area is 75.1 Å². The first-order valence-corrected chi connectivity index (χ1v) is 4.52. The predicted octanol–water partition coefficient (Wildman–Crippen LogP) is 2.44. The number of rotatable bonds is 1. The van der Waals surface area contributed by atoms with E-state index in [1.54, 1.807) is 0 Å². The molecule has 58 valence electrons. The summed E-state index contributed by atoms with van der Waals surface area (Å²) in [5.74, 6) is 0. The molecule has 2 rings (SSSR count). The Morgan fingerprint density at radius 1 is 1.55 bits per heavy atom. The van der Waals surface area contributed by atoms with E-state index in [0.29, 0.717) is 6.04 Å². The van der Waals surface area contributed by atoms with Gasteiger partial charge in [-0.2, -0.15) is 0 Å². The SMILES string of the molecule is CN1CC1c1cccc(Br)c1. The summed E-state index contributed by atoms with van der Waals surface area (Å²) >= 11 is 3.46. The van der Waals surface area contributed by atoms with Crippen LogP contribution in [-0.4, -0.2) is 18.5 Å². The average molecular weight is 212 g/mol. The number of hydrogen-bond donors (Lipinski definition) is 0. The Kier molecular flexibility index (Phi) is 1.74. The van der Waals surface area contributed by atoms with Gasteiger partial charge in [-0.15, -0.1) is 0 Å². The first-order valence-electron chi connectivity index (χ1n) is 3.73. The van der Waals surface area contributed by atoms with Gasteiger partial charge in [-0.05, 0) is 24.7 Å². The molecule has 0 aromatic heterocycles. The smallest absolute Gasteiger partial charge is 0.0473 e. The molecule has 0 radical (unpaired) electrons. The second-order valence-corrected chi connectivity index (χ2v) is 3.93. The first-order chi connectivity index (χ1) is 5.27. The molecule has 0 amide bonds. The van der Waals surface area contributed by atoms with Gasteiger partial charge in [0.15, 0.2) is 0 Å². The van der Waals surface area contributed by atoms with Gasteiger partial charge in [-0.3, -0.25) is 4.90 Å².